The zero-order valence-electron chi connectivity index (χ0n) is 10.7. The van der Waals surface area contributed by atoms with Gasteiger partial charge in [-0.2, -0.15) is 0 Å². The van der Waals surface area contributed by atoms with Crippen molar-refractivity contribution in [2.45, 2.75) is 5.38 Å². The molecule has 2 aromatic rings. The van der Waals surface area contributed by atoms with Gasteiger partial charge in [0.25, 0.3) is 5.91 Å². The van der Waals surface area contributed by atoms with E-state index in [9.17, 15) is 13.6 Å². The van der Waals surface area contributed by atoms with Crippen molar-refractivity contribution in [2.75, 3.05) is 11.9 Å². The zero-order valence-corrected chi connectivity index (χ0v) is 11.5. The highest BCUT2D eigenvalue weighted by Crippen LogP contribution is 2.36. The molecule has 0 bridgehead atoms. The quantitative estimate of drug-likeness (QED) is 0.860. The second-order valence-corrected chi connectivity index (χ2v) is 5.03. The maximum absolute atomic E-state index is 13.8. The molecular formula is C15H10ClF2NO2. The number of amides is 1. The molecule has 0 spiro atoms. The van der Waals surface area contributed by atoms with Gasteiger partial charge in [0.1, 0.15) is 5.75 Å². The van der Waals surface area contributed by atoms with Crippen LogP contribution in [0.5, 0.6) is 5.75 Å². The van der Waals surface area contributed by atoms with Crippen LogP contribution in [0.2, 0.25) is 0 Å². The summed E-state index contributed by atoms with van der Waals surface area (Å²) in [6, 6.07) is 8.73. The van der Waals surface area contributed by atoms with Crippen molar-refractivity contribution in [3.8, 4) is 5.75 Å². The highest BCUT2D eigenvalue weighted by Gasteiger charge is 2.21. The molecule has 6 heteroatoms. The molecule has 1 heterocycles. The average Bonchev–Trinajstić information content (AvgIpc) is 2.48. The van der Waals surface area contributed by atoms with Gasteiger partial charge in [0, 0.05) is 5.56 Å². The molecule has 1 amide bonds. The molecular weight excluding hydrogens is 300 g/mol. The molecule has 1 N–H and O–H groups in total. The van der Waals surface area contributed by atoms with E-state index in [1.807, 2.05) is 0 Å². The molecule has 3 rings (SSSR count). The van der Waals surface area contributed by atoms with Gasteiger partial charge in [0.2, 0.25) is 0 Å². The summed E-state index contributed by atoms with van der Waals surface area (Å²) < 4.78 is 32.3. The van der Waals surface area contributed by atoms with Gasteiger partial charge in [-0.1, -0.05) is 18.2 Å². The first-order chi connectivity index (χ1) is 10.1. The van der Waals surface area contributed by atoms with E-state index in [2.05, 4.69) is 5.32 Å². The summed E-state index contributed by atoms with van der Waals surface area (Å²) in [5.41, 5.74) is 1.04. The second-order valence-electron chi connectivity index (χ2n) is 4.60. The molecule has 108 valence electrons. The number of carbonyl (C=O) groups is 1. The average molecular weight is 310 g/mol. The van der Waals surface area contributed by atoms with Gasteiger partial charge in [0.05, 0.1) is 11.1 Å². The van der Waals surface area contributed by atoms with Crippen LogP contribution in [0.4, 0.5) is 14.5 Å². The maximum atomic E-state index is 13.8. The molecule has 2 aromatic carbocycles. The van der Waals surface area contributed by atoms with E-state index in [1.54, 1.807) is 18.2 Å². The molecule has 3 nitrogen and oxygen atoms in total. The van der Waals surface area contributed by atoms with Crippen LogP contribution in [0.25, 0.3) is 0 Å². The van der Waals surface area contributed by atoms with E-state index in [1.165, 1.54) is 12.1 Å². The summed E-state index contributed by atoms with van der Waals surface area (Å²) in [6.07, 6.45) is 0. The number of benzene rings is 2. The SMILES string of the molecule is O=C1COc2ccc(C(Cl)c3cccc(F)c3F)cc2N1. The molecule has 1 unspecified atom stereocenters. The van der Waals surface area contributed by atoms with Crippen LogP contribution in [0.3, 0.4) is 0 Å². The fraction of sp³-hybridized carbons (Fsp3) is 0.133. The van der Waals surface area contributed by atoms with Gasteiger partial charge >= 0.3 is 0 Å². The summed E-state index contributed by atoms with van der Waals surface area (Å²) in [6.45, 7) is -0.0465. The number of nitrogens with one attached hydrogen (secondary N) is 1. The van der Waals surface area contributed by atoms with E-state index >= 15 is 0 Å². The van der Waals surface area contributed by atoms with Gasteiger partial charge in [-0.25, -0.2) is 8.78 Å². The minimum Gasteiger partial charge on any atom is -0.482 e. The van der Waals surface area contributed by atoms with Crippen molar-refractivity contribution in [3.63, 3.8) is 0 Å². The number of hydrogen-bond acceptors (Lipinski definition) is 2. The monoisotopic (exact) mass is 309 g/mol. The Balaban J connectivity index is 1.98. The Morgan fingerprint density at radius 3 is 2.86 bits per heavy atom. The Morgan fingerprint density at radius 2 is 2.05 bits per heavy atom. The smallest absolute Gasteiger partial charge is 0.262 e. The first kappa shape index (κ1) is 13.8. The lowest BCUT2D eigenvalue weighted by atomic mass is 10.0. The molecule has 0 saturated carbocycles. The molecule has 0 aromatic heterocycles. The van der Waals surface area contributed by atoms with Crippen LogP contribution >= 0.6 is 11.6 Å². The van der Waals surface area contributed by atoms with Gasteiger partial charge in [-0.3, -0.25) is 4.79 Å². The van der Waals surface area contributed by atoms with Crippen LogP contribution in [-0.4, -0.2) is 12.5 Å². The van der Waals surface area contributed by atoms with Crippen molar-refractivity contribution in [3.05, 3.63) is 59.2 Å². The number of fused-ring (bicyclic) bond motifs is 1. The minimum atomic E-state index is -0.976. The normalized spacial score (nSPS) is 14.9. The lowest BCUT2D eigenvalue weighted by Gasteiger charge is -2.20. The van der Waals surface area contributed by atoms with Gasteiger partial charge in [0.15, 0.2) is 18.2 Å². The summed E-state index contributed by atoms with van der Waals surface area (Å²) in [7, 11) is 0. The fourth-order valence-electron chi connectivity index (χ4n) is 2.15. The largest absolute Gasteiger partial charge is 0.482 e. The van der Waals surface area contributed by atoms with Crippen molar-refractivity contribution < 1.29 is 18.3 Å². The third-order valence-electron chi connectivity index (χ3n) is 3.18. The van der Waals surface area contributed by atoms with Crippen LogP contribution in [-0.2, 0) is 4.79 Å². The van der Waals surface area contributed by atoms with E-state index in [4.69, 9.17) is 16.3 Å². The number of rotatable bonds is 2. The summed E-state index contributed by atoms with van der Waals surface area (Å²) in [4.78, 5) is 11.3. The molecule has 1 aliphatic heterocycles. The van der Waals surface area contributed by atoms with Crippen molar-refractivity contribution in [1.82, 2.24) is 0 Å². The number of alkyl halides is 1. The van der Waals surface area contributed by atoms with Crippen LogP contribution in [0, 0.1) is 11.6 Å². The predicted molar refractivity (Wildman–Crippen MR) is 74.6 cm³/mol. The van der Waals surface area contributed by atoms with E-state index in [0.717, 1.165) is 6.07 Å². The Kier molecular flexibility index (Phi) is 3.51. The van der Waals surface area contributed by atoms with Crippen LogP contribution < -0.4 is 10.1 Å². The van der Waals surface area contributed by atoms with E-state index in [-0.39, 0.29) is 18.1 Å². The Morgan fingerprint density at radius 1 is 1.24 bits per heavy atom. The number of carbonyl (C=O) groups excluding carboxylic acids is 1. The third kappa shape index (κ3) is 2.56. The van der Waals surface area contributed by atoms with Crippen LogP contribution in [0.1, 0.15) is 16.5 Å². The highest BCUT2D eigenvalue weighted by molar-refractivity contribution is 6.22. The molecule has 0 saturated heterocycles. The zero-order chi connectivity index (χ0) is 15.0. The first-order valence-electron chi connectivity index (χ1n) is 6.21. The maximum Gasteiger partial charge on any atom is 0.262 e. The van der Waals surface area contributed by atoms with E-state index in [0.29, 0.717) is 17.0 Å². The Hall–Kier alpha value is -2.14. The third-order valence-corrected chi connectivity index (χ3v) is 3.67. The number of ether oxygens (including phenoxy) is 1. The number of hydrogen-bond donors (Lipinski definition) is 1. The Labute approximate surface area is 124 Å². The number of anilines is 1. The number of halogens is 3. The second kappa shape index (κ2) is 5.33. The highest BCUT2D eigenvalue weighted by atomic mass is 35.5. The van der Waals surface area contributed by atoms with Crippen molar-refractivity contribution >= 4 is 23.2 Å². The fourth-order valence-corrected chi connectivity index (χ4v) is 2.46. The van der Waals surface area contributed by atoms with Crippen molar-refractivity contribution in [2.24, 2.45) is 0 Å². The molecule has 0 radical (unpaired) electrons. The van der Waals surface area contributed by atoms with Crippen LogP contribution in [0.15, 0.2) is 36.4 Å². The summed E-state index contributed by atoms with van der Waals surface area (Å²) in [5, 5.41) is 1.77. The summed E-state index contributed by atoms with van der Waals surface area (Å²) in [5.74, 6) is -1.69. The molecule has 0 fully saturated rings. The minimum absolute atomic E-state index is 0.0414. The lowest BCUT2D eigenvalue weighted by molar-refractivity contribution is -0.118. The topological polar surface area (TPSA) is 38.3 Å². The van der Waals surface area contributed by atoms with E-state index < -0.39 is 17.0 Å². The standard InChI is InChI=1S/C15H10ClF2NO2/c16-14(9-2-1-3-10(17)15(9)18)8-4-5-12-11(6-8)19-13(20)7-21-12/h1-6,14H,7H2,(H,19,20). The lowest BCUT2D eigenvalue weighted by Crippen LogP contribution is -2.25. The van der Waals surface area contributed by atoms with Gasteiger partial charge in [-0.15, -0.1) is 11.6 Å². The molecule has 1 atom stereocenters. The predicted octanol–water partition coefficient (Wildman–Crippen LogP) is 3.62. The van der Waals surface area contributed by atoms with Gasteiger partial charge in [-0.05, 0) is 23.8 Å². The first-order valence-corrected chi connectivity index (χ1v) is 6.64. The molecule has 0 aliphatic carbocycles. The van der Waals surface area contributed by atoms with Gasteiger partial charge < -0.3 is 10.1 Å². The van der Waals surface area contributed by atoms with Crippen molar-refractivity contribution in [1.29, 1.82) is 0 Å². The molecule has 21 heavy (non-hydrogen) atoms. The Bertz CT molecular complexity index is 721. The molecule has 1 aliphatic rings. The summed E-state index contributed by atoms with van der Waals surface area (Å²) >= 11 is 6.23.